The van der Waals surface area contributed by atoms with E-state index in [0.717, 1.165) is 5.56 Å². The number of hydrogen-bond acceptors (Lipinski definition) is 5. The zero-order valence-electron chi connectivity index (χ0n) is 8.61. The second kappa shape index (κ2) is 3.51. The van der Waals surface area contributed by atoms with Crippen LogP contribution in [0, 0.1) is 0 Å². The third kappa shape index (κ3) is 1.35. The Morgan fingerprint density at radius 1 is 1.40 bits per heavy atom. The molecule has 1 aliphatic rings. The van der Waals surface area contributed by atoms with Gasteiger partial charge in [-0.1, -0.05) is 0 Å². The SMILES string of the molecule is COc1c(O)cc2c(c1OC)OCC2N. The van der Waals surface area contributed by atoms with E-state index in [1.54, 1.807) is 6.07 Å². The molecule has 5 nitrogen and oxygen atoms in total. The van der Waals surface area contributed by atoms with Crippen LogP contribution in [0.15, 0.2) is 6.07 Å². The van der Waals surface area contributed by atoms with Crippen LogP contribution in [0.5, 0.6) is 23.0 Å². The lowest BCUT2D eigenvalue weighted by atomic mass is 10.1. The smallest absolute Gasteiger partial charge is 0.207 e. The number of hydrogen-bond donors (Lipinski definition) is 2. The minimum absolute atomic E-state index is 0.00838. The highest BCUT2D eigenvalue weighted by Crippen LogP contribution is 2.49. The number of aromatic hydroxyl groups is 1. The Hall–Kier alpha value is -1.62. The Morgan fingerprint density at radius 2 is 2.07 bits per heavy atom. The normalized spacial score (nSPS) is 18.2. The molecule has 0 spiro atoms. The topological polar surface area (TPSA) is 73.9 Å². The fraction of sp³-hybridized carbons (Fsp3) is 0.400. The summed E-state index contributed by atoms with van der Waals surface area (Å²) in [4.78, 5) is 0. The lowest BCUT2D eigenvalue weighted by Gasteiger charge is -2.13. The van der Waals surface area contributed by atoms with Crippen LogP contribution in [-0.2, 0) is 0 Å². The third-order valence-electron chi connectivity index (χ3n) is 2.41. The second-order valence-electron chi connectivity index (χ2n) is 3.30. The molecule has 3 N–H and O–H groups in total. The summed E-state index contributed by atoms with van der Waals surface area (Å²) in [6.07, 6.45) is 0. The average molecular weight is 211 g/mol. The van der Waals surface area contributed by atoms with Crippen molar-refractivity contribution in [1.82, 2.24) is 0 Å². The first-order valence-electron chi connectivity index (χ1n) is 4.55. The van der Waals surface area contributed by atoms with Crippen LogP contribution < -0.4 is 19.9 Å². The molecule has 0 radical (unpaired) electrons. The molecular formula is C10H13NO4. The molecule has 15 heavy (non-hydrogen) atoms. The van der Waals surface area contributed by atoms with Gasteiger partial charge in [0.2, 0.25) is 11.5 Å². The standard InChI is InChI=1S/C10H13NO4/c1-13-9-7(12)3-5-6(11)4-15-8(5)10(9)14-2/h3,6,12H,4,11H2,1-2H3. The molecule has 1 heterocycles. The Morgan fingerprint density at radius 3 is 2.67 bits per heavy atom. The van der Waals surface area contributed by atoms with Crippen LogP contribution in [0.3, 0.4) is 0 Å². The van der Waals surface area contributed by atoms with Crippen LogP contribution in [0.2, 0.25) is 0 Å². The van der Waals surface area contributed by atoms with Crippen LogP contribution in [0.25, 0.3) is 0 Å². The van der Waals surface area contributed by atoms with E-state index in [-0.39, 0.29) is 17.5 Å². The number of phenols is 1. The molecule has 82 valence electrons. The molecule has 0 aliphatic carbocycles. The Labute approximate surface area is 87.4 Å². The van der Waals surface area contributed by atoms with E-state index in [0.29, 0.717) is 18.1 Å². The molecule has 1 aromatic carbocycles. The Balaban J connectivity index is 2.64. The number of ether oxygens (including phenoxy) is 3. The highest BCUT2D eigenvalue weighted by atomic mass is 16.5. The molecule has 5 heteroatoms. The van der Waals surface area contributed by atoms with Gasteiger partial charge in [-0.2, -0.15) is 0 Å². The van der Waals surface area contributed by atoms with Crippen molar-refractivity contribution in [2.75, 3.05) is 20.8 Å². The van der Waals surface area contributed by atoms with Gasteiger partial charge in [0.1, 0.15) is 6.61 Å². The van der Waals surface area contributed by atoms with E-state index in [1.165, 1.54) is 14.2 Å². The van der Waals surface area contributed by atoms with Crippen molar-refractivity contribution in [3.63, 3.8) is 0 Å². The van der Waals surface area contributed by atoms with E-state index in [1.807, 2.05) is 0 Å². The van der Waals surface area contributed by atoms with Crippen molar-refractivity contribution in [1.29, 1.82) is 0 Å². The maximum Gasteiger partial charge on any atom is 0.207 e. The largest absolute Gasteiger partial charge is 0.504 e. The predicted molar refractivity (Wildman–Crippen MR) is 53.6 cm³/mol. The van der Waals surface area contributed by atoms with E-state index >= 15 is 0 Å². The molecule has 0 bridgehead atoms. The van der Waals surface area contributed by atoms with Crippen LogP contribution in [-0.4, -0.2) is 25.9 Å². The predicted octanol–water partition coefficient (Wildman–Crippen LogP) is 0.802. The van der Waals surface area contributed by atoms with Gasteiger partial charge in [0, 0.05) is 5.56 Å². The van der Waals surface area contributed by atoms with Gasteiger partial charge in [-0.15, -0.1) is 0 Å². The fourth-order valence-electron chi connectivity index (χ4n) is 1.70. The molecule has 1 atom stereocenters. The van der Waals surface area contributed by atoms with Crippen molar-refractivity contribution in [3.8, 4) is 23.0 Å². The number of benzene rings is 1. The summed E-state index contributed by atoms with van der Waals surface area (Å²) in [5.41, 5.74) is 6.54. The first kappa shape index (κ1) is 9.92. The van der Waals surface area contributed by atoms with Crippen molar-refractivity contribution < 1.29 is 19.3 Å². The molecular weight excluding hydrogens is 198 g/mol. The van der Waals surface area contributed by atoms with Gasteiger partial charge in [-0.05, 0) is 6.07 Å². The molecule has 0 saturated heterocycles. The molecule has 0 amide bonds. The number of rotatable bonds is 2. The zero-order chi connectivity index (χ0) is 11.0. The van der Waals surface area contributed by atoms with Gasteiger partial charge in [0.25, 0.3) is 0 Å². The molecule has 1 unspecified atom stereocenters. The average Bonchev–Trinajstić information content (AvgIpc) is 2.58. The summed E-state index contributed by atoms with van der Waals surface area (Å²) < 4.78 is 15.6. The lowest BCUT2D eigenvalue weighted by Crippen LogP contribution is -2.10. The van der Waals surface area contributed by atoms with E-state index in [2.05, 4.69) is 0 Å². The molecule has 2 rings (SSSR count). The minimum atomic E-state index is -0.231. The maximum atomic E-state index is 9.69. The minimum Gasteiger partial charge on any atom is -0.504 e. The van der Waals surface area contributed by atoms with Gasteiger partial charge in [-0.3, -0.25) is 0 Å². The lowest BCUT2D eigenvalue weighted by molar-refractivity contribution is 0.294. The molecule has 0 fully saturated rings. The van der Waals surface area contributed by atoms with Crippen molar-refractivity contribution in [2.45, 2.75) is 6.04 Å². The molecule has 1 aliphatic heterocycles. The summed E-state index contributed by atoms with van der Waals surface area (Å²) in [6.45, 7) is 0.387. The summed E-state index contributed by atoms with van der Waals surface area (Å²) in [7, 11) is 2.95. The Bertz CT molecular complexity index is 391. The fourth-order valence-corrected chi connectivity index (χ4v) is 1.70. The van der Waals surface area contributed by atoms with Crippen molar-refractivity contribution in [3.05, 3.63) is 11.6 Å². The second-order valence-corrected chi connectivity index (χ2v) is 3.30. The quantitative estimate of drug-likeness (QED) is 0.757. The molecule has 0 saturated carbocycles. The van der Waals surface area contributed by atoms with Crippen LogP contribution in [0.4, 0.5) is 0 Å². The number of methoxy groups -OCH3 is 2. The number of nitrogens with two attached hydrogens (primary N) is 1. The molecule has 0 aromatic heterocycles. The van der Waals surface area contributed by atoms with Crippen molar-refractivity contribution >= 4 is 0 Å². The van der Waals surface area contributed by atoms with Gasteiger partial charge < -0.3 is 25.1 Å². The summed E-state index contributed by atoms with van der Waals surface area (Å²) in [6, 6.07) is 1.32. The van der Waals surface area contributed by atoms with Gasteiger partial charge in [0.05, 0.1) is 20.3 Å². The van der Waals surface area contributed by atoms with Gasteiger partial charge >= 0.3 is 0 Å². The van der Waals surface area contributed by atoms with E-state index in [4.69, 9.17) is 19.9 Å². The first-order chi connectivity index (χ1) is 7.19. The van der Waals surface area contributed by atoms with Crippen LogP contribution >= 0.6 is 0 Å². The van der Waals surface area contributed by atoms with Crippen molar-refractivity contribution in [2.24, 2.45) is 5.73 Å². The first-order valence-corrected chi connectivity index (χ1v) is 4.55. The zero-order valence-corrected chi connectivity index (χ0v) is 8.61. The summed E-state index contributed by atoms with van der Waals surface area (Å²) >= 11 is 0. The highest BCUT2D eigenvalue weighted by Gasteiger charge is 2.29. The van der Waals surface area contributed by atoms with Crippen LogP contribution in [0.1, 0.15) is 11.6 Å². The van der Waals surface area contributed by atoms with Gasteiger partial charge in [0.15, 0.2) is 11.5 Å². The monoisotopic (exact) mass is 211 g/mol. The maximum absolute atomic E-state index is 9.69. The number of phenolic OH excluding ortho intramolecular Hbond substituents is 1. The molecule has 1 aromatic rings. The van der Waals surface area contributed by atoms with E-state index in [9.17, 15) is 5.11 Å². The summed E-state index contributed by atoms with van der Waals surface area (Å²) in [5.74, 6) is 1.22. The Kier molecular flexibility index (Phi) is 2.32. The van der Waals surface area contributed by atoms with E-state index < -0.39 is 0 Å². The number of fused-ring (bicyclic) bond motifs is 1. The highest BCUT2D eigenvalue weighted by molar-refractivity contribution is 5.64. The third-order valence-corrected chi connectivity index (χ3v) is 2.41. The van der Waals surface area contributed by atoms with Gasteiger partial charge in [-0.25, -0.2) is 0 Å². The summed E-state index contributed by atoms with van der Waals surface area (Å²) in [5, 5.41) is 9.69.